The van der Waals surface area contributed by atoms with E-state index >= 15 is 0 Å². The summed E-state index contributed by atoms with van der Waals surface area (Å²) in [7, 11) is 3.94. The largest absolute Gasteiger partial charge is 0.444 e. The Kier molecular flexibility index (Phi) is 3.55. The summed E-state index contributed by atoms with van der Waals surface area (Å²) in [5.41, 5.74) is 4.52. The van der Waals surface area contributed by atoms with Gasteiger partial charge < -0.3 is 9.64 Å². The summed E-state index contributed by atoms with van der Waals surface area (Å²) in [4.78, 5) is 14.2. The number of rotatable bonds is 1. The smallest absolute Gasteiger partial charge is 0.412 e. The molecular weight excluding hydrogens is 292 g/mol. The number of aromatic nitrogens is 2. The minimum atomic E-state index is -0.528. The summed E-state index contributed by atoms with van der Waals surface area (Å²) >= 11 is 0. The molecule has 0 fully saturated rings. The van der Waals surface area contributed by atoms with E-state index in [1.54, 1.807) is 0 Å². The van der Waals surface area contributed by atoms with Gasteiger partial charge in [-0.05, 0) is 26.8 Å². The van der Waals surface area contributed by atoms with Crippen LogP contribution in [-0.2, 0) is 18.3 Å². The second-order valence-corrected chi connectivity index (χ2v) is 6.83. The van der Waals surface area contributed by atoms with Gasteiger partial charge in [-0.1, -0.05) is 12.1 Å². The predicted octanol–water partition coefficient (Wildman–Crippen LogP) is 3.38. The van der Waals surface area contributed by atoms with E-state index in [0.29, 0.717) is 0 Å². The molecule has 122 valence electrons. The fourth-order valence-electron chi connectivity index (χ4n) is 2.94. The normalized spacial score (nSPS) is 13.3. The molecule has 0 unspecified atom stereocenters. The molecular formula is C17H22N4O2. The number of hydrogen-bond donors (Lipinski definition) is 1. The van der Waals surface area contributed by atoms with E-state index in [1.165, 1.54) is 5.56 Å². The molecule has 0 radical (unpaired) electrons. The van der Waals surface area contributed by atoms with Crippen LogP contribution >= 0.6 is 0 Å². The van der Waals surface area contributed by atoms with Gasteiger partial charge in [0.25, 0.3) is 0 Å². The molecule has 1 aliphatic heterocycles. The summed E-state index contributed by atoms with van der Waals surface area (Å²) in [6.45, 7) is 6.30. The van der Waals surface area contributed by atoms with E-state index in [-0.39, 0.29) is 0 Å². The Balaban J connectivity index is 2.00. The number of anilines is 2. The zero-order chi connectivity index (χ0) is 16.8. The van der Waals surface area contributed by atoms with Crippen molar-refractivity contribution in [1.29, 1.82) is 0 Å². The Morgan fingerprint density at radius 3 is 2.74 bits per heavy atom. The summed E-state index contributed by atoms with van der Waals surface area (Å²) in [6.07, 6.45) is 1.44. The molecule has 3 rings (SSSR count). The number of hydrogen-bond acceptors (Lipinski definition) is 4. The van der Waals surface area contributed by atoms with Gasteiger partial charge in [-0.15, -0.1) is 0 Å². The topological polar surface area (TPSA) is 59.4 Å². The van der Waals surface area contributed by atoms with Crippen molar-refractivity contribution in [2.75, 3.05) is 17.3 Å². The van der Waals surface area contributed by atoms with Gasteiger partial charge in [-0.25, -0.2) is 4.79 Å². The van der Waals surface area contributed by atoms with E-state index in [4.69, 9.17) is 4.74 Å². The van der Waals surface area contributed by atoms with Crippen LogP contribution in [0.3, 0.4) is 0 Å². The summed E-state index contributed by atoms with van der Waals surface area (Å²) in [5, 5.41) is 7.22. The van der Waals surface area contributed by atoms with Crippen molar-refractivity contribution in [1.82, 2.24) is 9.78 Å². The first-order valence-corrected chi connectivity index (χ1v) is 7.61. The number of aryl methyl sites for hydroxylation is 1. The van der Waals surface area contributed by atoms with Crippen LogP contribution in [0.15, 0.2) is 24.4 Å². The lowest BCUT2D eigenvalue weighted by atomic mass is 9.99. The molecule has 1 aromatic carbocycles. The van der Waals surface area contributed by atoms with Crippen LogP contribution < -0.4 is 10.2 Å². The van der Waals surface area contributed by atoms with Gasteiger partial charge in [0.1, 0.15) is 5.60 Å². The number of nitrogens with zero attached hydrogens (tertiary/aromatic N) is 3. The Morgan fingerprint density at radius 1 is 1.30 bits per heavy atom. The summed E-state index contributed by atoms with van der Waals surface area (Å²) in [5.74, 6) is 0. The molecule has 1 N–H and O–H groups in total. The van der Waals surface area contributed by atoms with E-state index in [1.807, 2.05) is 63.9 Å². The van der Waals surface area contributed by atoms with E-state index in [9.17, 15) is 4.79 Å². The predicted molar refractivity (Wildman–Crippen MR) is 90.6 cm³/mol. The molecule has 0 aliphatic carbocycles. The third-order valence-electron chi connectivity index (χ3n) is 3.73. The second kappa shape index (κ2) is 5.30. The average Bonchev–Trinajstić information content (AvgIpc) is 2.78. The molecule has 1 aromatic heterocycles. The number of benzene rings is 1. The minimum absolute atomic E-state index is 0.449. The average molecular weight is 314 g/mol. The van der Waals surface area contributed by atoms with E-state index in [0.717, 1.165) is 29.2 Å². The minimum Gasteiger partial charge on any atom is -0.444 e. The lowest BCUT2D eigenvalue weighted by molar-refractivity contribution is 0.0636. The van der Waals surface area contributed by atoms with Crippen molar-refractivity contribution in [3.05, 3.63) is 30.0 Å². The highest BCUT2D eigenvalue weighted by atomic mass is 16.6. The lowest BCUT2D eigenvalue weighted by Gasteiger charge is -2.30. The Bertz CT molecular complexity index is 758. The Labute approximate surface area is 136 Å². The highest BCUT2D eigenvalue weighted by Crippen LogP contribution is 2.42. The number of ether oxygens (including phenoxy) is 1. The maximum atomic E-state index is 12.1. The van der Waals surface area contributed by atoms with Crippen LogP contribution in [0.4, 0.5) is 16.2 Å². The number of nitrogens with one attached hydrogen (secondary N) is 1. The third kappa shape index (κ3) is 2.88. The van der Waals surface area contributed by atoms with Gasteiger partial charge in [0.2, 0.25) is 0 Å². The van der Waals surface area contributed by atoms with Crippen molar-refractivity contribution in [2.45, 2.75) is 32.9 Å². The van der Waals surface area contributed by atoms with Gasteiger partial charge >= 0.3 is 6.09 Å². The van der Waals surface area contributed by atoms with Crippen LogP contribution in [0.25, 0.3) is 11.3 Å². The molecule has 1 amide bonds. The SMILES string of the molecule is CN1Cc2cnn(C)c2-c2cccc(NC(=O)OC(C)(C)C)c21. The molecule has 0 atom stereocenters. The molecule has 2 heterocycles. The van der Waals surface area contributed by atoms with Crippen LogP contribution in [-0.4, -0.2) is 28.5 Å². The number of carbonyl (C=O) groups is 1. The van der Waals surface area contributed by atoms with E-state index < -0.39 is 11.7 Å². The Morgan fingerprint density at radius 2 is 2.04 bits per heavy atom. The van der Waals surface area contributed by atoms with Crippen molar-refractivity contribution in [3.8, 4) is 11.3 Å². The van der Waals surface area contributed by atoms with Gasteiger partial charge in [0, 0.05) is 31.8 Å². The van der Waals surface area contributed by atoms with Crippen LogP contribution in [0.2, 0.25) is 0 Å². The van der Waals surface area contributed by atoms with Gasteiger partial charge in [0.05, 0.1) is 23.3 Å². The van der Waals surface area contributed by atoms with Crippen molar-refractivity contribution >= 4 is 17.5 Å². The van der Waals surface area contributed by atoms with Crippen LogP contribution in [0.1, 0.15) is 26.3 Å². The maximum absolute atomic E-state index is 12.1. The molecule has 0 spiro atoms. The second-order valence-electron chi connectivity index (χ2n) is 6.83. The van der Waals surface area contributed by atoms with Crippen molar-refractivity contribution in [2.24, 2.45) is 7.05 Å². The highest BCUT2D eigenvalue weighted by molar-refractivity contribution is 5.96. The number of carbonyl (C=O) groups excluding carboxylic acids is 1. The lowest BCUT2D eigenvalue weighted by Crippen LogP contribution is -2.29. The standard InChI is InChI=1S/C17H22N4O2/c1-17(2,3)23-16(22)19-13-8-6-7-12-14-11(9-18-21(14)5)10-20(4)15(12)13/h6-9H,10H2,1-5H3,(H,19,22). The molecule has 6 nitrogen and oxygen atoms in total. The van der Waals surface area contributed by atoms with E-state index in [2.05, 4.69) is 15.3 Å². The number of amides is 1. The van der Waals surface area contributed by atoms with Gasteiger partial charge in [-0.2, -0.15) is 5.10 Å². The number of para-hydroxylation sites is 1. The first-order chi connectivity index (χ1) is 10.8. The molecule has 0 saturated carbocycles. The highest BCUT2D eigenvalue weighted by Gasteiger charge is 2.26. The molecule has 1 aliphatic rings. The maximum Gasteiger partial charge on any atom is 0.412 e. The van der Waals surface area contributed by atoms with Gasteiger partial charge in [-0.3, -0.25) is 10.00 Å². The van der Waals surface area contributed by atoms with Gasteiger partial charge in [0.15, 0.2) is 0 Å². The fourth-order valence-corrected chi connectivity index (χ4v) is 2.94. The van der Waals surface area contributed by atoms with Crippen molar-refractivity contribution < 1.29 is 9.53 Å². The number of fused-ring (bicyclic) bond motifs is 3. The monoisotopic (exact) mass is 314 g/mol. The zero-order valence-electron chi connectivity index (χ0n) is 14.2. The first kappa shape index (κ1) is 15.4. The quantitative estimate of drug-likeness (QED) is 0.876. The summed E-state index contributed by atoms with van der Waals surface area (Å²) < 4.78 is 7.23. The fraction of sp³-hybridized carbons (Fsp3) is 0.412. The zero-order valence-corrected chi connectivity index (χ0v) is 14.2. The molecule has 6 heteroatoms. The molecule has 0 saturated heterocycles. The molecule has 2 aromatic rings. The molecule has 0 bridgehead atoms. The Hall–Kier alpha value is -2.50. The first-order valence-electron chi connectivity index (χ1n) is 7.61. The van der Waals surface area contributed by atoms with Crippen LogP contribution in [0, 0.1) is 0 Å². The molecule has 23 heavy (non-hydrogen) atoms. The van der Waals surface area contributed by atoms with Crippen molar-refractivity contribution in [3.63, 3.8) is 0 Å². The van der Waals surface area contributed by atoms with Crippen LogP contribution in [0.5, 0.6) is 0 Å². The third-order valence-corrected chi connectivity index (χ3v) is 3.73. The summed E-state index contributed by atoms with van der Waals surface area (Å²) in [6, 6.07) is 5.87.